The number of aliphatic hydroxyl groups excluding tert-OH is 1. The summed E-state index contributed by atoms with van der Waals surface area (Å²) in [5.41, 5.74) is 3.50. The van der Waals surface area contributed by atoms with Crippen molar-refractivity contribution in [3.05, 3.63) is 34.9 Å². The molecule has 3 nitrogen and oxygen atoms in total. The summed E-state index contributed by atoms with van der Waals surface area (Å²) in [5, 5.41) is 9.46. The molecule has 2 aliphatic rings. The lowest BCUT2D eigenvalue weighted by Gasteiger charge is -2.16. The molecule has 1 amide bonds. The van der Waals surface area contributed by atoms with Gasteiger partial charge < -0.3 is 10.0 Å². The first-order valence-corrected chi connectivity index (χ1v) is 6.33. The number of aliphatic hydroxyl groups is 1. The Morgan fingerprint density at radius 2 is 2.12 bits per heavy atom. The van der Waals surface area contributed by atoms with Gasteiger partial charge in [-0.3, -0.25) is 4.79 Å². The van der Waals surface area contributed by atoms with E-state index < -0.39 is 0 Å². The van der Waals surface area contributed by atoms with Crippen LogP contribution in [0.15, 0.2) is 18.2 Å². The Morgan fingerprint density at radius 3 is 2.88 bits per heavy atom. The van der Waals surface area contributed by atoms with Crippen molar-refractivity contribution in [3.63, 3.8) is 0 Å². The maximum absolute atomic E-state index is 12.2. The first-order valence-electron chi connectivity index (χ1n) is 6.33. The van der Waals surface area contributed by atoms with E-state index in [1.807, 2.05) is 12.1 Å². The summed E-state index contributed by atoms with van der Waals surface area (Å²) in [6, 6.07) is 6.05. The van der Waals surface area contributed by atoms with Gasteiger partial charge >= 0.3 is 0 Å². The number of aryl methyl sites for hydroxylation is 2. The Balaban J connectivity index is 1.82. The summed E-state index contributed by atoms with van der Waals surface area (Å²) in [7, 11) is 0. The minimum Gasteiger partial charge on any atom is -0.391 e. The van der Waals surface area contributed by atoms with Crippen molar-refractivity contribution < 1.29 is 9.90 Å². The van der Waals surface area contributed by atoms with Crippen LogP contribution in [0.2, 0.25) is 0 Å². The van der Waals surface area contributed by atoms with E-state index in [0.717, 1.165) is 18.4 Å². The average Bonchev–Trinajstić information content (AvgIpc) is 2.95. The minimum absolute atomic E-state index is 0.0660. The SMILES string of the molecule is O=C(c1ccc2c(c1)CCC2)N1CCC(O)C1. The van der Waals surface area contributed by atoms with Crippen LogP contribution in [-0.2, 0) is 12.8 Å². The van der Waals surface area contributed by atoms with Crippen molar-refractivity contribution >= 4 is 5.91 Å². The quantitative estimate of drug-likeness (QED) is 0.793. The summed E-state index contributed by atoms with van der Waals surface area (Å²) in [6.07, 6.45) is 3.81. The summed E-state index contributed by atoms with van der Waals surface area (Å²) >= 11 is 0. The molecule has 1 aromatic rings. The molecule has 0 saturated carbocycles. The number of amides is 1. The molecular weight excluding hydrogens is 214 g/mol. The molecule has 1 N–H and O–H groups in total. The largest absolute Gasteiger partial charge is 0.391 e. The van der Waals surface area contributed by atoms with Crippen LogP contribution in [0.25, 0.3) is 0 Å². The third-order valence-corrected chi connectivity index (χ3v) is 3.80. The normalized spacial score (nSPS) is 22.9. The van der Waals surface area contributed by atoms with Crippen LogP contribution in [0.3, 0.4) is 0 Å². The predicted molar refractivity (Wildman–Crippen MR) is 65.0 cm³/mol. The van der Waals surface area contributed by atoms with Gasteiger partial charge in [-0.2, -0.15) is 0 Å². The second kappa shape index (κ2) is 4.15. The van der Waals surface area contributed by atoms with Crippen LogP contribution >= 0.6 is 0 Å². The van der Waals surface area contributed by atoms with Crippen molar-refractivity contribution in [2.45, 2.75) is 31.8 Å². The Kier molecular flexibility index (Phi) is 2.63. The summed E-state index contributed by atoms with van der Waals surface area (Å²) < 4.78 is 0. The van der Waals surface area contributed by atoms with Crippen molar-refractivity contribution in [2.75, 3.05) is 13.1 Å². The standard InChI is InChI=1S/C14H17NO2/c16-13-6-7-15(9-13)14(17)12-5-4-10-2-1-3-11(10)8-12/h4-5,8,13,16H,1-3,6-7,9H2. The van der Waals surface area contributed by atoms with Gasteiger partial charge in [0.25, 0.3) is 5.91 Å². The van der Waals surface area contributed by atoms with Crippen molar-refractivity contribution in [2.24, 2.45) is 0 Å². The minimum atomic E-state index is -0.339. The lowest BCUT2D eigenvalue weighted by Crippen LogP contribution is -2.29. The van der Waals surface area contributed by atoms with Gasteiger partial charge in [0.2, 0.25) is 0 Å². The van der Waals surface area contributed by atoms with Gasteiger partial charge in [-0.1, -0.05) is 6.07 Å². The summed E-state index contributed by atoms with van der Waals surface area (Å²) in [4.78, 5) is 14.0. The third kappa shape index (κ3) is 1.95. The molecule has 1 aliphatic carbocycles. The first kappa shape index (κ1) is 10.8. The fourth-order valence-corrected chi connectivity index (χ4v) is 2.81. The van der Waals surface area contributed by atoms with E-state index in [1.165, 1.54) is 17.5 Å². The van der Waals surface area contributed by atoms with E-state index in [2.05, 4.69) is 6.07 Å². The monoisotopic (exact) mass is 231 g/mol. The fourth-order valence-electron chi connectivity index (χ4n) is 2.81. The van der Waals surface area contributed by atoms with Crippen molar-refractivity contribution in [1.82, 2.24) is 4.90 Å². The molecule has 0 radical (unpaired) electrons. The van der Waals surface area contributed by atoms with Crippen LogP contribution in [0.4, 0.5) is 0 Å². The first-order chi connectivity index (χ1) is 8.24. The van der Waals surface area contributed by atoms with Gasteiger partial charge in [0.05, 0.1) is 6.10 Å². The molecule has 17 heavy (non-hydrogen) atoms. The lowest BCUT2D eigenvalue weighted by molar-refractivity contribution is 0.0765. The van der Waals surface area contributed by atoms with Crippen LogP contribution in [0, 0.1) is 0 Å². The van der Waals surface area contributed by atoms with E-state index in [-0.39, 0.29) is 12.0 Å². The number of carbonyl (C=O) groups is 1. The highest BCUT2D eigenvalue weighted by Crippen LogP contribution is 2.24. The lowest BCUT2D eigenvalue weighted by atomic mass is 10.1. The van der Waals surface area contributed by atoms with Crippen LogP contribution in [0.5, 0.6) is 0 Å². The number of likely N-dealkylation sites (tertiary alicyclic amines) is 1. The smallest absolute Gasteiger partial charge is 0.253 e. The average molecular weight is 231 g/mol. The number of hydrogen-bond donors (Lipinski definition) is 1. The molecule has 1 unspecified atom stereocenters. The number of benzene rings is 1. The fraction of sp³-hybridized carbons (Fsp3) is 0.500. The molecule has 1 fully saturated rings. The summed E-state index contributed by atoms with van der Waals surface area (Å²) in [6.45, 7) is 1.16. The van der Waals surface area contributed by atoms with E-state index >= 15 is 0 Å². The molecule has 0 spiro atoms. The number of β-amino-alcohol motifs (C(OH)–C–C–N with tert-alkyl or cyclic N) is 1. The second-order valence-electron chi connectivity index (χ2n) is 5.03. The molecular formula is C14H17NO2. The van der Waals surface area contributed by atoms with Crippen LogP contribution < -0.4 is 0 Å². The molecule has 3 heteroatoms. The zero-order chi connectivity index (χ0) is 11.8. The maximum atomic E-state index is 12.2. The number of rotatable bonds is 1. The molecule has 1 atom stereocenters. The number of hydrogen-bond acceptors (Lipinski definition) is 2. The summed E-state index contributed by atoms with van der Waals surface area (Å²) in [5.74, 6) is 0.0660. The Morgan fingerprint density at radius 1 is 1.29 bits per heavy atom. The Hall–Kier alpha value is -1.35. The molecule has 1 heterocycles. The number of fused-ring (bicyclic) bond motifs is 1. The van der Waals surface area contributed by atoms with Gasteiger partial charge in [0.1, 0.15) is 0 Å². The highest BCUT2D eigenvalue weighted by Gasteiger charge is 2.26. The number of nitrogens with zero attached hydrogens (tertiary/aromatic N) is 1. The van der Waals surface area contributed by atoms with E-state index in [0.29, 0.717) is 19.5 Å². The van der Waals surface area contributed by atoms with E-state index in [4.69, 9.17) is 0 Å². The van der Waals surface area contributed by atoms with Gasteiger partial charge in [-0.05, 0) is 48.9 Å². The molecule has 1 saturated heterocycles. The molecule has 3 rings (SSSR count). The third-order valence-electron chi connectivity index (χ3n) is 3.80. The van der Waals surface area contributed by atoms with Gasteiger partial charge in [-0.15, -0.1) is 0 Å². The second-order valence-corrected chi connectivity index (χ2v) is 5.03. The van der Waals surface area contributed by atoms with Gasteiger partial charge in [0, 0.05) is 18.7 Å². The molecule has 0 bridgehead atoms. The predicted octanol–water partition coefficient (Wildman–Crippen LogP) is 1.38. The maximum Gasteiger partial charge on any atom is 0.253 e. The zero-order valence-corrected chi connectivity index (χ0v) is 9.85. The van der Waals surface area contributed by atoms with Crippen LogP contribution in [0.1, 0.15) is 34.3 Å². The Bertz CT molecular complexity index is 456. The van der Waals surface area contributed by atoms with Crippen LogP contribution in [-0.4, -0.2) is 35.1 Å². The van der Waals surface area contributed by atoms with Crippen molar-refractivity contribution in [1.29, 1.82) is 0 Å². The van der Waals surface area contributed by atoms with E-state index in [9.17, 15) is 9.90 Å². The Labute approximate surface area is 101 Å². The van der Waals surface area contributed by atoms with Gasteiger partial charge in [-0.25, -0.2) is 0 Å². The molecule has 1 aliphatic heterocycles. The molecule has 1 aromatic carbocycles. The van der Waals surface area contributed by atoms with E-state index in [1.54, 1.807) is 4.90 Å². The topological polar surface area (TPSA) is 40.5 Å². The number of carbonyl (C=O) groups excluding carboxylic acids is 1. The highest BCUT2D eigenvalue weighted by atomic mass is 16.3. The molecule has 0 aromatic heterocycles. The van der Waals surface area contributed by atoms with Crippen molar-refractivity contribution in [3.8, 4) is 0 Å². The molecule has 90 valence electrons. The highest BCUT2D eigenvalue weighted by molar-refractivity contribution is 5.94. The zero-order valence-electron chi connectivity index (χ0n) is 9.85. The van der Waals surface area contributed by atoms with Gasteiger partial charge in [0.15, 0.2) is 0 Å².